The molecular weight excluding hydrogens is 574 g/mol. The van der Waals surface area contributed by atoms with E-state index in [9.17, 15) is 27.6 Å². The summed E-state index contributed by atoms with van der Waals surface area (Å²) in [5.41, 5.74) is 18.3. The maximum absolute atomic E-state index is 10.3. The molecule has 0 heterocycles. The number of hydrogen-bond acceptors (Lipinski definition) is 13. The van der Waals surface area contributed by atoms with E-state index < -0.39 is 70.1 Å². The van der Waals surface area contributed by atoms with Crippen LogP contribution in [0.15, 0.2) is 0 Å². The molecule has 4 atom stereocenters. The number of aliphatic carboxylic acids is 4. The van der Waals surface area contributed by atoms with E-state index in [1.165, 1.54) is 6.92 Å². The fraction of sp³-hybridized carbons (Fsp3) is 0.818. The van der Waals surface area contributed by atoms with Gasteiger partial charge in [-0.05, 0) is 40.4 Å². The van der Waals surface area contributed by atoms with Crippen LogP contribution in [0, 0.1) is 0 Å². The topological polar surface area (TPSA) is 351 Å². The molecule has 0 aliphatic rings. The molecule has 19 heteroatoms. The van der Waals surface area contributed by atoms with E-state index in [1.54, 1.807) is 0 Å². The molecule has 254 valence electrons. The van der Waals surface area contributed by atoms with Crippen LogP contribution in [0.3, 0.4) is 0 Å². The minimum absolute atomic E-state index is 0. The first-order valence-electron chi connectivity index (χ1n) is 10.4. The standard InChI is InChI=1S/C8H18N2O2.C4H9NO3.C3H7NO5S.C3H7NO3.4CH4/c1-10(2)6-4-3-5-7(9)8(11)12;1-4(5,2-6)3(7)8;4-2(3(5)6)1-10(7,8)9;4-1-2(5)3(6)7;;;;/h7H,3-6,9H2,1-2H3,(H,11,12);6H,2,5H2,1H3,(H,7,8);2H,1,4H2,(H,5,6)(H,7,8,9);2,5H,1,4H2,(H,6,7);4*1H4. The lowest BCUT2D eigenvalue weighted by atomic mass is 10.1. The van der Waals surface area contributed by atoms with Crippen molar-refractivity contribution in [3.8, 4) is 0 Å². The molecule has 15 N–H and O–H groups in total. The largest absolute Gasteiger partial charge is 0.480 e. The van der Waals surface area contributed by atoms with E-state index in [0.717, 1.165) is 19.4 Å². The van der Waals surface area contributed by atoms with Gasteiger partial charge in [0.05, 0.1) is 6.61 Å². The number of aliphatic hydroxyl groups excluding tert-OH is 2. The highest BCUT2D eigenvalue weighted by Crippen LogP contribution is 1.99. The molecule has 4 unspecified atom stereocenters. The zero-order valence-electron chi connectivity index (χ0n) is 20.9. The number of nitrogens with two attached hydrogens (primary N) is 4. The van der Waals surface area contributed by atoms with E-state index in [4.69, 9.17) is 58.1 Å². The average molecular weight is 632 g/mol. The van der Waals surface area contributed by atoms with Crippen molar-refractivity contribution < 1.29 is 62.8 Å². The van der Waals surface area contributed by atoms with Crippen molar-refractivity contribution in [1.82, 2.24) is 4.90 Å². The monoisotopic (exact) mass is 631 g/mol. The fourth-order valence-corrected chi connectivity index (χ4v) is 1.98. The van der Waals surface area contributed by atoms with E-state index in [2.05, 4.69) is 4.90 Å². The second-order valence-electron chi connectivity index (χ2n) is 7.91. The number of rotatable bonds is 13. The molecule has 0 saturated carbocycles. The van der Waals surface area contributed by atoms with E-state index in [0.29, 0.717) is 6.42 Å². The maximum atomic E-state index is 10.3. The Morgan fingerprint density at radius 3 is 1.39 bits per heavy atom. The van der Waals surface area contributed by atoms with Crippen LogP contribution in [-0.2, 0) is 29.3 Å². The maximum Gasteiger partial charge on any atom is 0.333 e. The Kier molecular flexibility index (Phi) is 43.3. The molecule has 0 bridgehead atoms. The zero-order chi connectivity index (χ0) is 30.6. The molecule has 0 fully saturated rings. The van der Waals surface area contributed by atoms with Crippen LogP contribution in [0.4, 0.5) is 0 Å². The Bertz CT molecular complexity index is 782. The molecule has 0 radical (unpaired) electrons. The van der Waals surface area contributed by atoms with Gasteiger partial charge in [0.25, 0.3) is 10.1 Å². The molecule has 0 aromatic heterocycles. The normalized spacial score (nSPS) is 13.1. The number of hydrogen-bond donors (Lipinski definition) is 11. The lowest BCUT2D eigenvalue weighted by molar-refractivity contribution is -0.146. The minimum Gasteiger partial charge on any atom is -0.480 e. The average Bonchev–Trinajstić information content (AvgIpc) is 2.75. The van der Waals surface area contributed by atoms with Crippen molar-refractivity contribution in [3.05, 3.63) is 0 Å². The summed E-state index contributed by atoms with van der Waals surface area (Å²) in [6.07, 6.45) is 1.06. The van der Waals surface area contributed by atoms with Crippen molar-refractivity contribution in [2.75, 3.05) is 39.5 Å². The highest BCUT2D eigenvalue weighted by Gasteiger charge is 2.26. The number of carboxylic acids is 4. The SMILES string of the molecule is C.C.C.C.CC(N)(CO)C(=O)O.CN(C)CCCCC(N)C(=O)O.NC(CS(=O)(=O)O)C(=O)O.NCC(O)C(=O)O. The number of carboxylic acid groups (broad SMARTS) is 4. The van der Waals surface area contributed by atoms with Gasteiger partial charge in [-0.15, -0.1) is 0 Å². The summed E-state index contributed by atoms with van der Waals surface area (Å²) in [4.78, 5) is 41.8. The smallest absolute Gasteiger partial charge is 0.333 e. The first-order valence-corrected chi connectivity index (χ1v) is 12.0. The van der Waals surface area contributed by atoms with Gasteiger partial charge in [-0.1, -0.05) is 36.1 Å². The number of nitrogens with zero attached hydrogens (tertiary/aromatic N) is 1. The highest BCUT2D eigenvalue weighted by atomic mass is 32.2. The van der Waals surface area contributed by atoms with Crippen molar-refractivity contribution >= 4 is 34.0 Å². The predicted molar refractivity (Wildman–Crippen MR) is 157 cm³/mol. The number of carbonyl (C=O) groups is 4. The van der Waals surface area contributed by atoms with Gasteiger partial charge in [0.15, 0.2) is 6.10 Å². The van der Waals surface area contributed by atoms with Gasteiger partial charge in [-0.25, -0.2) is 4.79 Å². The van der Waals surface area contributed by atoms with Gasteiger partial charge >= 0.3 is 23.9 Å². The first-order chi connectivity index (χ1) is 16.5. The van der Waals surface area contributed by atoms with Gasteiger partial charge in [0.2, 0.25) is 0 Å². The zero-order valence-corrected chi connectivity index (χ0v) is 21.7. The molecule has 0 aliphatic carbocycles. The van der Waals surface area contributed by atoms with Crippen molar-refractivity contribution in [1.29, 1.82) is 0 Å². The summed E-state index contributed by atoms with van der Waals surface area (Å²) >= 11 is 0. The van der Waals surface area contributed by atoms with Crippen molar-refractivity contribution in [3.63, 3.8) is 0 Å². The summed E-state index contributed by atoms with van der Waals surface area (Å²) < 4.78 is 28.0. The lowest BCUT2D eigenvalue weighted by Gasteiger charge is -2.13. The van der Waals surface area contributed by atoms with Crippen LogP contribution in [0.5, 0.6) is 0 Å². The van der Waals surface area contributed by atoms with Gasteiger partial charge in [0.1, 0.15) is 23.4 Å². The highest BCUT2D eigenvalue weighted by molar-refractivity contribution is 7.85. The van der Waals surface area contributed by atoms with Gasteiger partial charge < -0.3 is 58.5 Å². The summed E-state index contributed by atoms with van der Waals surface area (Å²) in [6, 6.07) is -2.25. The van der Waals surface area contributed by atoms with Crippen LogP contribution < -0.4 is 22.9 Å². The van der Waals surface area contributed by atoms with Crippen molar-refractivity contribution in [2.45, 2.75) is 79.6 Å². The third-order valence-corrected chi connectivity index (χ3v) is 4.50. The van der Waals surface area contributed by atoms with Gasteiger partial charge in [0, 0.05) is 6.54 Å². The van der Waals surface area contributed by atoms with E-state index in [-0.39, 0.29) is 36.3 Å². The summed E-state index contributed by atoms with van der Waals surface area (Å²) in [5.74, 6) is -5.79. The van der Waals surface area contributed by atoms with Gasteiger partial charge in [-0.2, -0.15) is 8.42 Å². The third kappa shape index (κ3) is 44.8. The number of unbranched alkanes of at least 4 members (excludes halogenated alkanes) is 1. The molecule has 41 heavy (non-hydrogen) atoms. The molecule has 0 aromatic carbocycles. The Labute approximate surface area is 244 Å². The molecule has 0 spiro atoms. The van der Waals surface area contributed by atoms with Crippen LogP contribution in [0.2, 0.25) is 0 Å². The predicted octanol–water partition coefficient (Wildman–Crippen LogP) is -1.87. The Hall–Kier alpha value is -2.49. The molecule has 0 saturated heterocycles. The van der Waals surface area contributed by atoms with Crippen molar-refractivity contribution in [2.24, 2.45) is 22.9 Å². The molecule has 0 aromatic rings. The lowest BCUT2D eigenvalue weighted by Crippen LogP contribution is -2.48. The number of aliphatic hydroxyl groups is 2. The first kappa shape index (κ1) is 58.2. The third-order valence-electron chi connectivity index (χ3n) is 3.72. The van der Waals surface area contributed by atoms with Crippen LogP contribution in [-0.4, -0.2) is 136 Å². The fourth-order valence-electron chi connectivity index (χ4n) is 1.38. The summed E-state index contributed by atoms with van der Waals surface area (Å²) in [7, 11) is -0.280. The van der Waals surface area contributed by atoms with Gasteiger partial charge in [-0.3, -0.25) is 18.9 Å². The molecular formula is C22H57N5O13S. The van der Waals surface area contributed by atoms with Crippen LogP contribution in [0.1, 0.15) is 55.9 Å². The second-order valence-corrected chi connectivity index (χ2v) is 9.40. The van der Waals surface area contributed by atoms with Crippen LogP contribution in [0.25, 0.3) is 0 Å². The molecule has 0 aliphatic heterocycles. The minimum atomic E-state index is -4.27. The van der Waals surface area contributed by atoms with Crippen LogP contribution >= 0.6 is 0 Å². The second kappa shape index (κ2) is 30.5. The Morgan fingerprint density at radius 2 is 1.24 bits per heavy atom. The Balaban J connectivity index is -0.0000000582. The molecule has 0 rings (SSSR count). The molecule has 0 amide bonds. The van der Waals surface area contributed by atoms with E-state index >= 15 is 0 Å². The summed E-state index contributed by atoms with van der Waals surface area (Å²) in [6.45, 7) is 1.47. The quantitative estimate of drug-likeness (QED) is 0.0782. The Morgan fingerprint density at radius 1 is 0.854 bits per heavy atom. The van der Waals surface area contributed by atoms with E-state index in [1.807, 2.05) is 14.1 Å². The summed E-state index contributed by atoms with van der Waals surface area (Å²) in [5, 5.41) is 49.0. The molecule has 18 nitrogen and oxygen atoms in total.